The van der Waals surface area contributed by atoms with Gasteiger partial charge in [-0.3, -0.25) is 0 Å². The molecular weight excluding hydrogens is 789 g/mol. The summed E-state index contributed by atoms with van der Waals surface area (Å²) >= 11 is 0. The lowest BCUT2D eigenvalue weighted by molar-refractivity contribution is 0.0615. The molecule has 1 aliphatic heterocycles. The first-order valence-electron chi connectivity index (χ1n) is 23.8. The Hall–Kier alpha value is -7.10. The van der Waals surface area contributed by atoms with Crippen LogP contribution < -0.4 is 4.90 Å². The minimum Gasteiger partial charge on any atom is -0.455 e. The molecular formula is C62H50N2O. The van der Waals surface area contributed by atoms with Gasteiger partial charge in [0, 0.05) is 49.3 Å². The van der Waals surface area contributed by atoms with Crippen molar-refractivity contribution < 1.29 is 4.42 Å². The third-order valence-corrected chi connectivity index (χ3v) is 16.6. The van der Waals surface area contributed by atoms with Gasteiger partial charge in [-0.05, 0) is 131 Å². The molecule has 65 heavy (non-hydrogen) atoms. The van der Waals surface area contributed by atoms with Crippen LogP contribution >= 0.6 is 0 Å². The summed E-state index contributed by atoms with van der Waals surface area (Å²) in [5.41, 5.74) is 19.7. The largest absolute Gasteiger partial charge is 0.455 e. The SMILES string of the molecule is C=CC1C[C@@H]2CCC[C@@H](C1)C21c2ccccc2-n2c3ccccc3c3c(N(c4cccc(-c5cccc6c5oc5ccccc56)c4)c4ccc5c(c4)C(C)(C)c4ccccc4-5)ccc1c32. The number of furan rings is 1. The third kappa shape index (κ3) is 4.91. The summed E-state index contributed by atoms with van der Waals surface area (Å²) in [6, 6.07) is 64.1. The van der Waals surface area contributed by atoms with E-state index in [1.165, 1.54) is 98.7 Å². The van der Waals surface area contributed by atoms with Gasteiger partial charge in [-0.2, -0.15) is 0 Å². The fourth-order valence-electron chi connectivity index (χ4n) is 14.0. The molecule has 0 radical (unpaired) electrons. The Labute approximate surface area is 380 Å². The van der Waals surface area contributed by atoms with E-state index in [1.807, 2.05) is 0 Å². The van der Waals surface area contributed by atoms with E-state index in [1.54, 1.807) is 0 Å². The fourth-order valence-corrected chi connectivity index (χ4v) is 14.0. The third-order valence-electron chi connectivity index (χ3n) is 16.6. The van der Waals surface area contributed by atoms with Crippen LogP contribution in [0.4, 0.5) is 17.1 Å². The predicted octanol–water partition coefficient (Wildman–Crippen LogP) is 16.7. The average Bonchev–Trinajstić information content (AvgIpc) is 3.97. The maximum absolute atomic E-state index is 6.66. The second-order valence-corrected chi connectivity index (χ2v) is 20.0. The number of benzene rings is 8. The zero-order valence-electron chi connectivity index (χ0n) is 37.0. The van der Waals surface area contributed by atoms with E-state index >= 15 is 0 Å². The zero-order chi connectivity index (χ0) is 43.2. The van der Waals surface area contributed by atoms with E-state index < -0.39 is 0 Å². The lowest BCUT2D eigenvalue weighted by Crippen LogP contribution is -2.52. The summed E-state index contributed by atoms with van der Waals surface area (Å²) in [7, 11) is 0. The highest BCUT2D eigenvalue weighted by Crippen LogP contribution is 2.64. The molecule has 0 N–H and O–H groups in total. The summed E-state index contributed by atoms with van der Waals surface area (Å²) in [4.78, 5) is 2.57. The molecule has 2 atom stereocenters. The van der Waals surface area contributed by atoms with E-state index in [-0.39, 0.29) is 10.8 Å². The summed E-state index contributed by atoms with van der Waals surface area (Å²) in [5, 5.41) is 4.90. The highest BCUT2D eigenvalue weighted by molar-refractivity contribution is 6.19. The molecule has 3 heterocycles. The summed E-state index contributed by atoms with van der Waals surface area (Å²) in [6.45, 7) is 9.14. The van der Waals surface area contributed by atoms with Crippen molar-refractivity contribution in [1.82, 2.24) is 4.57 Å². The first-order valence-corrected chi connectivity index (χ1v) is 23.8. The first-order chi connectivity index (χ1) is 31.9. The van der Waals surface area contributed by atoms with Gasteiger partial charge in [0.2, 0.25) is 0 Å². The molecule has 3 aliphatic carbocycles. The number of nitrogens with zero attached hydrogens (tertiary/aromatic N) is 2. The summed E-state index contributed by atoms with van der Waals surface area (Å²) in [6.07, 6.45) is 8.47. The van der Waals surface area contributed by atoms with Gasteiger partial charge in [-0.15, -0.1) is 6.58 Å². The average molecular weight is 839 g/mol. The van der Waals surface area contributed by atoms with E-state index in [4.69, 9.17) is 4.42 Å². The Balaban J connectivity index is 1.06. The number of hydrogen-bond acceptors (Lipinski definition) is 2. The maximum atomic E-state index is 6.66. The highest BCUT2D eigenvalue weighted by Gasteiger charge is 2.57. The second-order valence-electron chi connectivity index (χ2n) is 20.0. The van der Waals surface area contributed by atoms with E-state index in [0.29, 0.717) is 17.8 Å². The van der Waals surface area contributed by atoms with Crippen molar-refractivity contribution in [2.45, 2.75) is 56.8 Å². The monoisotopic (exact) mass is 838 g/mol. The van der Waals surface area contributed by atoms with Gasteiger partial charge in [0.25, 0.3) is 0 Å². The molecule has 2 saturated carbocycles. The van der Waals surface area contributed by atoms with Crippen LogP contribution in [0.1, 0.15) is 68.2 Å². The van der Waals surface area contributed by atoms with Crippen molar-refractivity contribution in [1.29, 1.82) is 0 Å². The Bertz CT molecular complexity index is 3620. The van der Waals surface area contributed by atoms with Gasteiger partial charge >= 0.3 is 0 Å². The van der Waals surface area contributed by atoms with E-state index in [0.717, 1.165) is 44.4 Å². The molecule has 0 unspecified atom stereocenters. The molecule has 2 aromatic heterocycles. The van der Waals surface area contributed by atoms with E-state index in [2.05, 4.69) is 206 Å². The van der Waals surface area contributed by atoms with Gasteiger partial charge in [-0.25, -0.2) is 0 Å². The van der Waals surface area contributed by atoms with Crippen molar-refractivity contribution in [3.8, 4) is 27.9 Å². The molecule has 1 spiro atoms. The molecule has 8 aromatic carbocycles. The quantitative estimate of drug-likeness (QED) is 0.161. The van der Waals surface area contributed by atoms with Gasteiger partial charge in [0.05, 0.1) is 22.4 Å². The predicted molar refractivity (Wildman–Crippen MR) is 270 cm³/mol. The number of allylic oxidation sites excluding steroid dienone is 1. The first kappa shape index (κ1) is 37.3. The van der Waals surface area contributed by atoms with Crippen molar-refractivity contribution in [2.24, 2.45) is 17.8 Å². The Morgan fingerprint density at radius 1 is 0.600 bits per heavy atom. The Morgan fingerprint density at radius 3 is 2.15 bits per heavy atom. The Kier molecular flexibility index (Phi) is 7.73. The minimum absolute atomic E-state index is 0.0606. The number of fused-ring (bicyclic) bond motifs is 11. The Morgan fingerprint density at radius 2 is 1.29 bits per heavy atom. The molecule has 3 heteroatoms. The maximum Gasteiger partial charge on any atom is 0.143 e. The minimum atomic E-state index is -0.152. The number of rotatable bonds is 5. The van der Waals surface area contributed by atoms with Crippen LogP contribution in [0, 0.1) is 17.8 Å². The molecule has 0 amide bonds. The molecule has 2 bridgehead atoms. The molecule has 2 fully saturated rings. The van der Waals surface area contributed by atoms with Crippen LogP contribution in [0.15, 0.2) is 187 Å². The highest BCUT2D eigenvalue weighted by atomic mass is 16.3. The topological polar surface area (TPSA) is 21.3 Å². The summed E-state index contributed by atoms with van der Waals surface area (Å²) < 4.78 is 9.30. The normalized spacial score (nSPS) is 21.2. The standard InChI is InChI=1S/C62H50N2O/c1-4-38-34-40-17-14-18-41(35-38)62(40)51-26-9-11-28-55(51)64-54-27-10-6-22-49(54)58-56(33-32-52(62)59(58)64)63(43-30-31-46-45-20-5-8-25-50(45)61(2,3)53(46)37-43)42-19-13-16-39(36-42)44-23-15-24-48-47-21-7-12-29-57(47)65-60(44)48/h4-13,15-16,19-33,36-38,40-41H,1,14,17-18,34-35H2,2-3H3/t38?,40-,41-,62?/m0/s1. The molecule has 14 rings (SSSR count). The number of aromatic nitrogens is 1. The van der Waals surface area contributed by atoms with Crippen LogP contribution in [0.2, 0.25) is 0 Å². The van der Waals surface area contributed by atoms with Crippen molar-refractivity contribution in [3.63, 3.8) is 0 Å². The smallest absolute Gasteiger partial charge is 0.143 e. The van der Waals surface area contributed by atoms with Crippen LogP contribution in [0.25, 0.3) is 71.7 Å². The van der Waals surface area contributed by atoms with Crippen LogP contribution in [0.5, 0.6) is 0 Å². The van der Waals surface area contributed by atoms with Crippen LogP contribution in [-0.4, -0.2) is 4.57 Å². The van der Waals surface area contributed by atoms with Crippen molar-refractivity contribution in [2.75, 3.05) is 4.90 Å². The number of hydrogen-bond donors (Lipinski definition) is 0. The molecule has 4 aliphatic rings. The molecule has 0 saturated heterocycles. The van der Waals surface area contributed by atoms with Gasteiger partial charge in [0.15, 0.2) is 0 Å². The lowest BCUT2D eigenvalue weighted by atomic mass is 9.47. The number of anilines is 3. The lowest BCUT2D eigenvalue weighted by Gasteiger charge is -2.57. The zero-order valence-corrected chi connectivity index (χ0v) is 37.0. The summed E-state index contributed by atoms with van der Waals surface area (Å²) in [5.74, 6) is 1.66. The van der Waals surface area contributed by atoms with Crippen LogP contribution in [0.3, 0.4) is 0 Å². The number of para-hydroxylation sites is 4. The van der Waals surface area contributed by atoms with E-state index in [9.17, 15) is 0 Å². The van der Waals surface area contributed by atoms with Crippen molar-refractivity contribution >= 4 is 60.8 Å². The van der Waals surface area contributed by atoms with Gasteiger partial charge in [0.1, 0.15) is 11.2 Å². The fraction of sp³-hybridized carbons (Fsp3) is 0.194. The van der Waals surface area contributed by atoms with Gasteiger partial charge in [-0.1, -0.05) is 148 Å². The van der Waals surface area contributed by atoms with Crippen LogP contribution in [-0.2, 0) is 10.8 Å². The molecule has 3 nitrogen and oxygen atoms in total. The van der Waals surface area contributed by atoms with Crippen molar-refractivity contribution in [3.05, 3.63) is 205 Å². The second kappa shape index (κ2) is 13.5. The molecule has 314 valence electrons. The molecule has 10 aromatic rings. The van der Waals surface area contributed by atoms with Gasteiger partial charge < -0.3 is 13.9 Å².